The minimum atomic E-state index is -0.473. The number of aromatic nitrogens is 1. The van der Waals surface area contributed by atoms with Crippen molar-refractivity contribution >= 4 is 49.2 Å². The smallest absolute Gasteiger partial charge is 0.270 e. The third-order valence-electron chi connectivity index (χ3n) is 5.39. The van der Waals surface area contributed by atoms with E-state index in [0.29, 0.717) is 43.2 Å². The number of aryl methyl sites for hydroxylation is 2. The van der Waals surface area contributed by atoms with Gasteiger partial charge in [0.25, 0.3) is 11.6 Å². The molecule has 3 aromatic carbocycles. The molecule has 2 aromatic heterocycles. The van der Waals surface area contributed by atoms with E-state index < -0.39 is 4.92 Å². The van der Waals surface area contributed by atoms with Crippen LogP contribution < -0.4 is 10.7 Å². The highest BCUT2D eigenvalue weighted by molar-refractivity contribution is 7.22. The van der Waals surface area contributed by atoms with E-state index in [0.717, 1.165) is 22.5 Å². The number of anilines is 1. The molecule has 0 aliphatic rings. The average molecular weight is 471 g/mol. The molecule has 0 bridgehead atoms. The predicted octanol–water partition coefficient (Wildman–Crippen LogP) is 5.85. The van der Waals surface area contributed by atoms with Crippen LogP contribution in [-0.4, -0.2) is 15.8 Å². The number of non-ortho nitro benzene ring substituents is 1. The lowest BCUT2D eigenvalue weighted by molar-refractivity contribution is -0.384. The number of benzene rings is 3. The van der Waals surface area contributed by atoms with Crippen molar-refractivity contribution in [2.24, 2.45) is 0 Å². The van der Waals surface area contributed by atoms with Gasteiger partial charge in [-0.05, 0) is 49.2 Å². The Bertz CT molecular complexity index is 1670. The molecule has 5 rings (SSSR count). The van der Waals surface area contributed by atoms with E-state index in [2.05, 4.69) is 10.3 Å². The Balaban J connectivity index is 1.40. The zero-order valence-electron chi connectivity index (χ0n) is 18.1. The maximum atomic E-state index is 12.7. The molecule has 168 valence electrons. The number of rotatable bonds is 4. The fourth-order valence-corrected chi connectivity index (χ4v) is 4.68. The summed E-state index contributed by atoms with van der Waals surface area (Å²) in [6.45, 7) is 3.83. The van der Waals surface area contributed by atoms with Crippen LogP contribution in [0.3, 0.4) is 0 Å². The third kappa shape index (κ3) is 3.93. The first-order valence-electron chi connectivity index (χ1n) is 10.3. The molecule has 0 saturated heterocycles. The second-order valence-electron chi connectivity index (χ2n) is 7.89. The summed E-state index contributed by atoms with van der Waals surface area (Å²) in [5.74, 6) is 0.0515. The zero-order chi connectivity index (χ0) is 24.0. The van der Waals surface area contributed by atoms with Gasteiger partial charge in [0, 0.05) is 29.3 Å². The van der Waals surface area contributed by atoms with Crippen LogP contribution in [0.4, 0.5) is 10.8 Å². The number of carbonyl (C=O) groups excluding carboxylic acids is 1. The lowest BCUT2D eigenvalue weighted by Crippen LogP contribution is -2.11. The molecule has 9 heteroatoms. The number of amides is 1. The van der Waals surface area contributed by atoms with Gasteiger partial charge in [0.2, 0.25) is 0 Å². The van der Waals surface area contributed by atoms with Gasteiger partial charge in [-0.15, -0.1) is 0 Å². The molecule has 0 saturated carbocycles. The van der Waals surface area contributed by atoms with Gasteiger partial charge in [-0.3, -0.25) is 25.0 Å². The van der Waals surface area contributed by atoms with E-state index in [4.69, 9.17) is 4.42 Å². The second-order valence-corrected chi connectivity index (χ2v) is 8.92. The summed E-state index contributed by atoms with van der Waals surface area (Å²) in [6.07, 6.45) is 0. The number of hydrogen-bond donors (Lipinski definition) is 1. The topological polar surface area (TPSA) is 115 Å². The Hall–Kier alpha value is -4.37. The van der Waals surface area contributed by atoms with E-state index >= 15 is 0 Å². The van der Waals surface area contributed by atoms with Gasteiger partial charge < -0.3 is 4.42 Å². The van der Waals surface area contributed by atoms with Crippen LogP contribution in [-0.2, 0) is 0 Å². The predicted molar refractivity (Wildman–Crippen MR) is 132 cm³/mol. The molecular weight excluding hydrogens is 454 g/mol. The van der Waals surface area contributed by atoms with Gasteiger partial charge in [-0.1, -0.05) is 29.5 Å². The average Bonchev–Trinajstić information content (AvgIpc) is 3.21. The number of nitro benzene ring substituents is 1. The summed E-state index contributed by atoms with van der Waals surface area (Å²) in [5.41, 5.74) is 3.89. The molecule has 0 aliphatic carbocycles. The van der Waals surface area contributed by atoms with Gasteiger partial charge >= 0.3 is 0 Å². The van der Waals surface area contributed by atoms with E-state index in [1.54, 1.807) is 30.3 Å². The minimum Gasteiger partial charge on any atom is -0.456 e. The monoisotopic (exact) mass is 471 g/mol. The minimum absolute atomic E-state index is 0.0321. The lowest BCUT2D eigenvalue weighted by atomic mass is 10.1. The first kappa shape index (κ1) is 21.5. The van der Waals surface area contributed by atoms with Crippen molar-refractivity contribution in [1.29, 1.82) is 0 Å². The van der Waals surface area contributed by atoms with Gasteiger partial charge in [0.15, 0.2) is 10.6 Å². The van der Waals surface area contributed by atoms with Gasteiger partial charge in [0.1, 0.15) is 11.3 Å². The van der Waals surface area contributed by atoms with E-state index in [9.17, 15) is 19.7 Å². The lowest BCUT2D eigenvalue weighted by Gasteiger charge is -2.07. The van der Waals surface area contributed by atoms with Gasteiger partial charge in [-0.2, -0.15) is 0 Å². The molecule has 2 heterocycles. The number of thiazole rings is 1. The normalized spacial score (nSPS) is 11.1. The molecule has 0 aliphatic heterocycles. The van der Waals surface area contributed by atoms with Crippen LogP contribution in [0, 0.1) is 24.0 Å². The summed E-state index contributed by atoms with van der Waals surface area (Å²) in [7, 11) is 0. The molecule has 0 fully saturated rings. The Morgan fingerprint density at radius 3 is 2.56 bits per heavy atom. The molecule has 34 heavy (non-hydrogen) atoms. The first-order chi connectivity index (χ1) is 16.3. The number of carbonyl (C=O) groups is 1. The summed E-state index contributed by atoms with van der Waals surface area (Å²) in [4.78, 5) is 40.1. The summed E-state index contributed by atoms with van der Waals surface area (Å²) in [5, 5.41) is 14.6. The van der Waals surface area contributed by atoms with Crippen molar-refractivity contribution < 1.29 is 14.1 Å². The molecule has 5 aromatic rings. The Morgan fingerprint density at radius 1 is 1.06 bits per heavy atom. The summed E-state index contributed by atoms with van der Waals surface area (Å²) >= 11 is 1.16. The highest BCUT2D eigenvalue weighted by atomic mass is 32.1. The van der Waals surface area contributed by atoms with Crippen molar-refractivity contribution in [1.82, 2.24) is 4.98 Å². The van der Waals surface area contributed by atoms with E-state index in [1.807, 2.05) is 26.0 Å². The van der Waals surface area contributed by atoms with Crippen LogP contribution in [0.1, 0.15) is 21.5 Å². The number of hydrogen-bond acceptors (Lipinski definition) is 7. The molecule has 1 amide bonds. The highest BCUT2D eigenvalue weighted by Crippen LogP contribution is 2.30. The number of fused-ring (bicyclic) bond motifs is 2. The molecular formula is C25H17N3O5S. The van der Waals surface area contributed by atoms with Crippen molar-refractivity contribution in [2.75, 3.05) is 5.32 Å². The molecule has 8 nitrogen and oxygen atoms in total. The van der Waals surface area contributed by atoms with Crippen LogP contribution in [0.2, 0.25) is 0 Å². The molecule has 0 unspecified atom stereocenters. The quantitative estimate of drug-likeness (QED) is 0.260. The van der Waals surface area contributed by atoms with E-state index in [1.165, 1.54) is 18.2 Å². The summed E-state index contributed by atoms with van der Waals surface area (Å²) in [6, 6.07) is 16.3. The number of nitrogens with zero attached hydrogens (tertiary/aromatic N) is 2. The highest BCUT2D eigenvalue weighted by Gasteiger charge is 2.14. The van der Waals surface area contributed by atoms with Crippen molar-refractivity contribution in [3.05, 3.63) is 97.7 Å². The standard InChI is InChI=1S/C25H17N3O5S/c1-13-9-14(2)23-18(10-13)20(29)12-21(33-23)15-3-5-16(6-4-15)24(30)27-25-26-19-8-7-17(28(31)32)11-22(19)34-25/h3-12H,1-2H3,(H,26,27,30). The third-order valence-corrected chi connectivity index (χ3v) is 6.33. The van der Waals surface area contributed by atoms with Crippen molar-refractivity contribution in [3.63, 3.8) is 0 Å². The van der Waals surface area contributed by atoms with Crippen molar-refractivity contribution in [3.8, 4) is 11.3 Å². The Kier molecular flexibility index (Phi) is 5.18. The van der Waals surface area contributed by atoms with Crippen LogP contribution in [0.25, 0.3) is 32.5 Å². The number of nitro groups is 1. The first-order valence-corrected chi connectivity index (χ1v) is 11.1. The Labute approximate surface area is 196 Å². The second kappa shape index (κ2) is 8.20. The fraction of sp³-hybridized carbons (Fsp3) is 0.0800. The summed E-state index contributed by atoms with van der Waals surface area (Å²) < 4.78 is 6.62. The van der Waals surface area contributed by atoms with Crippen molar-refractivity contribution in [2.45, 2.75) is 13.8 Å². The molecule has 0 spiro atoms. The van der Waals surface area contributed by atoms with Crippen LogP contribution >= 0.6 is 11.3 Å². The Morgan fingerprint density at radius 2 is 1.82 bits per heavy atom. The molecule has 0 radical (unpaired) electrons. The number of nitrogens with one attached hydrogen (secondary N) is 1. The maximum Gasteiger partial charge on any atom is 0.270 e. The van der Waals surface area contributed by atoms with E-state index in [-0.39, 0.29) is 17.0 Å². The maximum absolute atomic E-state index is 12.7. The fourth-order valence-electron chi connectivity index (χ4n) is 3.79. The SMILES string of the molecule is Cc1cc(C)c2oc(-c3ccc(C(=O)Nc4nc5ccc([N+](=O)[O-])cc5s4)cc3)cc(=O)c2c1. The molecule has 0 atom stereocenters. The largest absolute Gasteiger partial charge is 0.456 e. The van der Waals surface area contributed by atoms with Gasteiger partial charge in [0.05, 0.1) is 20.5 Å². The molecule has 1 N–H and O–H groups in total. The van der Waals surface area contributed by atoms with Gasteiger partial charge in [-0.25, -0.2) is 4.98 Å². The van der Waals surface area contributed by atoms with Crippen LogP contribution in [0.15, 0.2) is 69.9 Å². The van der Waals surface area contributed by atoms with Crippen LogP contribution in [0.5, 0.6) is 0 Å². The zero-order valence-corrected chi connectivity index (χ0v) is 18.9.